The fourth-order valence-electron chi connectivity index (χ4n) is 0.861. The number of ether oxygens (including phenoxy) is 1. The summed E-state index contributed by atoms with van der Waals surface area (Å²) in [5, 5.41) is 2.53. The third-order valence-electron chi connectivity index (χ3n) is 1.56. The molecule has 0 spiro atoms. The quantitative estimate of drug-likeness (QED) is 0.531. The Kier molecular flexibility index (Phi) is 1.71. The molecular weight excluding hydrogens is 118 g/mol. The summed E-state index contributed by atoms with van der Waals surface area (Å²) in [6.07, 6.45) is -0.185. The van der Waals surface area contributed by atoms with Gasteiger partial charge in [-0.25, -0.2) is 0 Å². The largest absolute Gasteiger partial charge is 0.368 e. The number of hydrogen-bond acceptors (Lipinski definition) is 2. The summed E-state index contributed by atoms with van der Waals surface area (Å²) >= 11 is 0. The Balaban J connectivity index is 2.35. The molecule has 1 rings (SSSR count). The molecule has 0 aromatic carbocycles. The van der Waals surface area contributed by atoms with Gasteiger partial charge in [-0.15, -0.1) is 0 Å². The Morgan fingerprint density at radius 1 is 1.78 bits per heavy atom. The number of rotatable bonds is 1. The minimum absolute atomic E-state index is 0.00579. The Morgan fingerprint density at radius 2 is 2.44 bits per heavy atom. The second-order valence-electron chi connectivity index (χ2n) is 2.35. The van der Waals surface area contributed by atoms with Gasteiger partial charge in [0.25, 0.3) is 0 Å². The first kappa shape index (κ1) is 6.55. The van der Waals surface area contributed by atoms with E-state index in [-0.39, 0.29) is 12.0 Å². The van der Waals surface area contributed by atoms with E-state index in [1.807, 2.05) is 6.92 Å². The van der Waals surface area contributed by atoms with Crippen molar-refractivity contribution in [3.63, 3.8) is 0 Å². The van der Waals surface area contributed by atoms with Gasteiger partial charge in [0, 0.05) is 13.0 Å². The van der Waals surface area contributed by atoms with Crippen molar-refractivity contribution in [2.45, 2.75) is 13.0 Å². The Hall–Kier alpha value is -0.570. The molecule has 1 aliphatic rings. The number of hydrogen-bond donors (Lipinski definition) is 1. The van der Waals surface area contributed by atoms with Crippen LogP contribution in [0.3, 0.4) is 0 Å². The number of nitrogens with one attached hydrogen (secondary N) is 1. The molecule has 3 heteroatoms. The lowest BCUT2D eigenvalue weighted by molar-refractivity contribution is -0.157. The van der Waals surface area contributed by atoms with Gasteiger partial charge in [0.1, 0.15) is 6.10 Å². The third-order valence-corrected chi connectivity index (χ3v) is 1.56. The molecule has 2 atom stereocenters. The van der Waals surface area contributed by atoms with E-state index in [1.54, 1.807) is 7.05 Å². The van der Waals surface area contributed by atoms with Crippen LogP contribution in [0, 0.1) is 5.92 Å². The molecule has 0 aromatic rings. The van der Waals surface area contributed by atoms with Crippen LogP contribution in [-0.4, -0.2) is 25.7 Å². The van der Waals surface area contributed by atoms with Crippen molar-refractivity contribution in [1.82, 2.24) is 5.32 Å². The maximum Gasteiger partial charge on any atom is 0.249 e. The fourth-order valence-corrected chi connectivity index (χ4v) is 0.861. The lowest BCUT2D eigenvalue weighted by Crippen LogP contribution is -2.48. The van der Waals surface area contributed by atoms with Gasteiger partial charge in [0.05, 0.1) is 6.61 Å². The maximum absolute atomic E-state index is 10.8. The van der Waals surface area contributed by atoms with E-state index in [2.05, 4.69) is 5.32 Å². The van der Waals surface area contributed by atoms with Crippen molar-refractivity contribution in [2.75, 3.05) is 13.7 Å². The van der Waals surface area contributed by atoms with Crippen molar-refractivity contribution >= 4 is 5.91 Å². The van der Waals surface area contributed by atoms with E-state index >= 15 is 0 Å². The molecule has 1 amide bonds. The summed E-state index contributed by atoms with van der Waals surface area (Å²) in [5.74, 6) is 0.388. The van der Waals surface area contributed by atoms with Crippen LogP contribution in [0.25, 0.3) is 0 Å². The maximum atomic E-state index is 10.8. The lowest BCUT2D eigenvalue weighted by atomic mass is 10.0. The molecule has 2 unspecified atom stereocenters. The van der Waals surface area contributed by atoms with Crippen LogP contribution in [0.4, 0.5) is 0 Å². The Labute approximate surface area is 54.4 Å². The van der Waals surface area contributed by atoms with Crippen molar-refractivity contribution in [3.8, 4) is 0 Å². The van der Waals surface area contributed by atoms with Crippen LogP contribution >= 0.6 is 0 Å². The predicted octanol–water partition coefficient (Wildman–Crippen LogP) is -0.233. The fraction of sp³-hybridized carbons (Fsp3) is 0.833. The first-order valence-corrected chi connectivity index (χ1v) is 3.09. The van der Waals surface area contributed by atoms with Gasteiger partial charge in [-0.05, 0) is 0 Å². The van der Waals surface area contributed by atoms with E-state index in [0.29, 0.717) is 5.92 Å². The Bertz CT molecular complexity index is 124. The second kappa shape index (κ2) is 2.35. The molecular formula is C6H11NO2. The molecule has 0 radical (unpaired) electrons. The van der Waals surface area contributed by atoms with Crippen LogP contribution in [0.15, 0.2) is 0 Å². The minimum atomic E-state index is -0.185. The SMILES string of the molecule is CNC(=O)C1OCC1C. The number of carbonyl (C=O) groups is 1. The average Bonchev–Trinajstić information content (AvgIpc) is 1.84. The highest BCUT2D eigenvalue weighted by Crippen LogP contribution is 2.18. The second-order valence-corrected chi connectivity index (χ2v) is 2.35. The number of likely N-dealkylation sites (N-methyl/N-ethyl adjacent to an activating group) is 1. The molecule has 1 saturated heterocycles. The average molecular weight is 129 g/mol. The molecule has 0 saturated carbocycles. The molecule has 0 aromatic heterocycles. The lowest BCUT2D eigenvalue weighted by Gasteiger charge is -2.32. The van der Waals surface area contributed by atoms with Gasteiger partial charge in [0.2, 0.25) is 5.91 Å². The molecule has 1 fully saturated rings. The number of amides is 1. The highest BCUT2D eigenvalue weighted by Gasteiger charge is 2.33. The monoisotopic (exact) mass is 129 g/mol. The third kappa shape index (κ3) is 1.05. The zero-order valence-electron chi connectivity index (χ0n) is 5.68. The summed E-state index contributed by atoms with van der Waals surface area (Å²) in [7, 11) is 1.62. The van der Waals surface area contributed by atoms with E-state index in [1.165, 1.54) is 0 Å². The van der Waals surface area contributed by atoms with E-state index in [9.17, 15) is 4.79 Å². The summed E-state index contributed by atoms with van der Waals surface area (Å²) in [5.41, 5.74) is 0. The van der Waals surface area contributed by atoms with Crippen LogP contribution in [0.2, 0.25) is 0 Å². The molecule has 0 aliphatic carbocycles. The summed E-state index contributed by atoms with van der Waals surface area (Å²) in [6, 6.07) is 0. The van der Waals surface area contributed by atoms with Gasteiger partial charge in [-0.2, -0.15) is 0 Å². The van der Waals surface area contributed by atoms with Crippen LogP contribution in [0.1, 0.15) is 6.92 Å². The zero-order valence-corrected chi connectivity index (χ0v) is 5.68. The van der Waals surface area contributed by atoms with Crippen molar-refractivity contribution in [1.29, 1.82) is 0 Å². The van der Waals surface area contributed by atoms with Gasteiger partial charge >= 0.3 is 0 Å². The normalized spacial score (nSPS) is 33.1. The minimum Gasteiger partial charge on any atom is -0.368 e. The zero-order chi connectivity index (χ0) is 6.85. The molecule has 52 valence electrons. The first-order valence-electron chi connectivity index (χ1n) is 3.09. The highest BCUT2D eigenvalue weighted by molar-refractivity contribution is 5.81. The highest BCUT2D eigenvalue weighted by atomic mass is 16.5. The van der Waals surface area contributed by atoms with Gasteiger partial charge in [0.15, 0.2) is 0 Å². The molecule has 1 aliphatic heterocycles. The van der Waals surface area contributed by atoms with Crippen LogP contribution < -0.4 is 5.32 Å². The smallest absolute Gasteiger partial charge is 0.249 e. The van der Waals surface area contributed by atoms with Gasteiger partial charge in [-0.3, -0.25) is 4.79 Å². The standard InChI is InChI=1S/C6H11NO2/c1-4-3-9-5(4)6(8)7-2/h4-5H,3H2,1-2H3,(H,7,8). The Morgan fingerprint density at radius 3 is 2.56 bits per heavy atom. The van der Waals surface area contributed by atoms with Gasteiger partial charge in [-0.1, -0.05) is 6.92 Å². The summed E-state index contributed by atoms with van der Waals surface area (Å²) < 4.78 is 4.98. The predicted molar refractivity (Wildman–Crippen MR) is 33.0 cm³/mol. The summed E-state index contributed by atoms with van der Waals surface area (Å²) in [6.45, 7) is 2.72. The summed E-state index contributed by atoms with van der Waals surface area (Å²) in [4.78, 5) is 10.8. The van der Waals surface area contributed by atoms with E-state index < -0.39 is 0 Å². The molecule has 1 heterocycles. The van der Waals surface area contributed by atoms with Crippen molar-refractivity contribution in [3.05, 3.63) is 0 Å². The molecule has 1 N–H and O–H groups in total. The van der Waals surface area contributed by atoms with E-state index in [0.717, 1.165) is 6.61 Å². The van der Waals surface area contributed by atoms with E-state index in [4.69, 9.17) is 4.74 Å². The topological polar surface area (TPSA) is 38.3 Å². The van der Waals surface area contributed by atoms with Crippen molar-refractivity contribution in [2.24, 2.45) is 5.92 Å². The molecule has 3 nitrogen and oxygen atoms in total. The van der Waals surface area contributed by atoms with Crippen LogP contribution in [0.5, 0.6) is 0 Å². The molecule has 9 heavy (non-hydrogen) atoms. The first-order chi connectivity index (χ1) is 4.25. The van der Waals surface area contributed by atoms with Crippen LogP contribution in [-0.2, 0) is 9.53 Å². The number of carbonyl (C=O) groups excluding carboxylic acids is 1. The van der Waals surface area contributed by atoms with Gasteiger partial charge < -0.3 is 10.1 Å². The van der Waals surface area contributed by atoms with Crippen molar-refractivity contribution < 1.29 is 9.53 Å². The molecule has 0 bridgehead atoms.